The fourth-order valence-electron chi connectivity index (χ4n) is 2.19. The van der Waals surface area contributed by atoms with Crippen molar-refractivity contribution in [3.8, 4) is 0 Å². The Balaban J connectivity index is 2.12. The summed E-state index contributed by atoms with van der Waals surface area (Å²) >= 11 is 0. The van der Waals surface area contributed by atoms with Crippen molar-refractivity contribution in [2.45, 2.75) is 33.6 Å². The molecule has 0 aliphatic rings. The molecule has 7 heteroatoms. The fourth-order valence-corrected chi connectivity index (χ4v) is 2.19. The average molecular weight is 316 g/mol. The standard InChI is InChI=1S/C16H24N6O/c1-6-22(7-2)13-9-8-12(10-17-13)15(23)19-16-18-14(11(3)4)20-21(16)5/h8-11H,6-7H2,1-5H3,(H,18,19,20,23). The summed E-state index contributed by atoms with van der Waals surface area (Å²) in [6.07, 6.45) is 1.59. The molecule has 0 fully saturated rings. The van der Waals surface area contributed by atoms with Crippen molar-refractivity contribution in [2.24, 2.45) is 7.05 Å². The molecule has 23 heavy (non-hydrogen) atoms. The van der Waals surface area contributed by atoms with Crippen LogP contribution in [-0.4, -0.2) is 38.7 Å². The number of nitrogens with one attached hydrogen (secondary N) is 1. The van der Waals surface area contributed by atoms with Gasteiger partial charge < -0.3 is 4.90 Å². The van der Waals surface area contributed by atoms with E-state index in [1.165, 1.54) is 0 Å². The number of carbonyl (C=O) groups is 1. The smallest absolute Gasteiger partial charge is 0.259 e. The number of amides is 1. The minimum atomic E-state index is -0.241. The summed E-state index contributed by atoms with van der Waals surface area (Å²) in [5, 5.41) is 7.06. The van der Waals surface area contributed by atoms with Crippen LogP contribution in [0.1, 0.15) is 49.8 Å². The molecule has 0 aliphatic heterocycles. The number of nitrogens with zero attached hydrogens (tertiary/aromatic N) is 5. The zero-order valence-corrected chi connectivity index (χ0v) is 14.4. The molecule has 2 aromatic heterocycles. The van der Waals surface area contributed by atoms with Crippen LogP contribution in [0.25, 0.3) is 0 Å². The predicted octanol–water partition coefficient (Wildman–Crippen LogP) is 2.43. The summed E-state index contributed by atoms with van der Waals surface area (Å²) < 4.78 is 1.57. The van der Waals surface area contributed by atoms with Gasteiger partial charge >= 0.3 is 0 Å². The first-order valence-corrected chi connectivity index (χ1v) is 7.89. The Morgan fingerprint density at radius 3 is 2.48 bits per heavy atom. The number of anilines is 2. The lowest BCUT2D eigenvalue weighted by Gasteiger charge is -2.19. The first kappa shape index (κ1) is 16.9. The molecule has 0 radical (unpaired) electrons. The van der Waals surface area contributed by atoms with E-state index in [1.54, 1.807) is 24.0 Å². The Morgan fingerprint density at radius 2 is 2.00 bits per heavy atom. The second-order valence-corrected chi connectivity index (χ2v) is 5.60. The molecule has 0 aromatic carbocycles. The maximum Gasteiger partial charge on any atom is 0.259 e. The van der Waals surface area contributed by atoms with Crippen LogP contribution in [-0.2, 0) is 7.05 Å². The molecule has 0 unspecified atom stereocenters. The third-order valence-electron chi connectivity index (χ3n) is 3.62. The Bertz CT molecular complexity index is 658. The average Bonchev–Trinajstić information content (AvgIpc) is 2.90. The third kappa shape index (κ3) is 3.85. The Labute approximate surface area is 136 Å². The Hall–Kier alpha value is -2.44. The third-order valence-corrected chi connectivity index (χ3v) is 3.62. The molecule has 2 rings (SSSR count). The lowest BCUT2D eigenvalue weighted by atomic mass is 10.2. The van der Waals surface area contributed by atoms with E-state index < -0.39 is 0 Å². The van der Waals surface area contributed by atoms with Crippen molar-refractivity contribution >= 4 is 17.7 Å². The van der Waals surface area contributed by atoms with E-state index in [2.05, 4.69) is 39.1 Å². The first-order valence-electron chi connectivity index (χ1n) is 7.89. The van der Waals surface area contributed by atoms with Gasteiger partial charge in [0.2, 0.25) is 5.95 Å². The summed E-state index contributed by atoms with van der Waals surface area (Å²) in [6, 6.07) is 3.63. The van der Waals surface area contributed by atoms with E-state index in [0.717, 1.165) is 18.9 Å². The highest BCUT2D eigenvalue weighted by Gasteiger charge is 2.14. The van der Waals surface area contributed by atoms with Gasteiger partial charge in [-0.1, -0.05) is 13.8 Å². The molecule has 0 aliphatic carbocycles. The molecule has 2 heterocycles. The normalized spacial score (nSPS) is 10.9. The van der Waals surface area contributed by atoms with Gasteiger partial charge in [-0.05, 0) is 26.0 Å². The summed E-state index contributed by atoms with van der Waals surface area (Å²) in [5.41, 5.74) is 0.495. The Morgan fingerprint density at radius 1 is 1.30 bits per heavy atom. The van der Waals surface area contributed by atoms with E-state index in [0.29, 0.717) is 17.3 Å². The largest absolute Gasteiger partial charge is 0.357 e. The van der Waals surface area contributed by atoms with Crippen LogP contribution in [0, 0.1) is 0 Å². The SMILES string of the molecule is CCN(CC)c1ccc(C(=O)Nc2nc(C(C)C)nn2C)cn1. The van der Waals surface area contributed by atoms with Gasteiger partial charge in [0.05, 0.1) is 5.56 Å². The fraction of sp³-hybridized carbons (Fsp3) is 0.500. The van der Waals surface area contributed by atoms with E-state index >= 15 is 0 Å². The van der Waals surface area contributed by atoms with Crippen LogP contribution in [0.5, 0.6) is 0 Å². The zero-order chi connectivity index (χ0) is 17.0. The van der Waals surface area contributed by atoms with Gasteiger partial charge in [-0.25, -0.2) is 9.67 Å². The van der Waals surface area contributed by atoms with E-state index in [4.69, 9.17) is 0 Å². The summed E-state index contributed by atoms with van der Waals surface area (Å²) in [4.78, 5) is 23.1. The topological polar surface area (TPSA) is 75.9 Å². The van der Waals surface area contributed by atoms with Crippen molar-refractivity contribution < 1.29 is 4.79 Å². The number of hydrogen-bond donors (Lipinski definition) is 1. The van der Waals surface area contributed by atoms with Crippen LogP contribution in [0.2, 0.25) is 0 Å². The van der Waals surface area contributed by atoms with Crippen LogP contribution >= 0.6 is 0 Å². The van der Waals surface area contributed by atoms with Crippen molar-refractivity contribution in [3.05, 3.63) is 29.7 Å². The van der Waals surface area contributed by atoms with Gasteiger partial charge in [0.1, 0.15) is 5.82 Å². The molecular weight excluding hydrogens is 292 g/mol. The molecule has 0 spiro atoms. The van der Waals surface area contributed by atoms with Crippen LogP contribution in [0.15, 0.2) is 18.3 Å². The van der Waals surface area contributed by atoms with E-state index in [1.807, 2.05) is 19.9 Å². The summed E-state index contributed by atoms with van der Waals surface area (Å²) in [5.74, 6) is 1.98. The quantitative estimate of drug-likeness (QED) is 0.886. The highest BCUT2D eigenvalue weighted by molar-refractivity contribution is 6.03. The van der Waals surface area contributed by atoms with Crippen molar-refractivity contribution in [1.29, 1.82) is 0 Å². The molecule has 7 nitrogen and oxygen atoms in total. The van der Waals surface area contributed by atoms with Crippen LogP contribution < -0.4 is 10.2 Å². The van der Waals surface area contributed by atoms with Gasteiger partial charge in [0, 0.05) is 32.3 Å². The lowest BCUT2D eigenvalue weighted by molar-refractivity contribution is 0.102. The van der Waals surface area contributed by atoms with Gasteiger partial charge in [-0.3, -0.25) is 10.1 Å². The molecule has 1 N–H and O–H groups in total. The number of carbonyl (C=O) groups excluding carboxylic acids is 1. The lowest BCUT2D eigenvalue weighted by Crippen LogP contribution is -2.23. The molecular formula is C16H24N6O. The molecule has 0 atom stereocenters. The predicted molar refractivity (Wildman–Crippen MR) is 90.8 cm³/mol. The monoisotopic (exact) mass is 316 g/mol. The van der Waals surface area contributed by atoms with E-state index in [-0.39, 0.29) is 11.8 Å². The number of aryl methyl sites for hydroxylation is 1. The van der Waals surface area contributed by atoms with Gasteiger partial charge in [-0.2, -0.15) is 10.1 Å². The summed E-state index contributed by atoms with van der Waals surface area (Å²) in [7, 11) is 1.76. The van der Waals surface area contributed by atoms with Crippen LogP contribution in [0.3, 0.4) is 0 Å². The maximum atomic E-state index is 12.3. The van der Waals surface area contributed by atoms with Crippen LogP contribution in [0.4, 0.5) is 11.8 Å². The number of hydrogen-bond acceptors (Lipinski definition) is 5. The Kier molecular flexibility index (Phi) is 5.31. The van der Waals surface area contributed by atoms with Crippen molar-refractivity contribution in [3.63, 3.8) is 0 Å². The zero-order valence-electron chi connectivity index (χ0n) is 14.4. The summed E-state index contributed by atoms with van der Waals surface area (Å²) in [6.45, 7) is 9.93. The first-order chi connectivity index (χ1) is 11.0. The minimum Gasteiger partial charge on any atom is -0.357 e. The highest BCUT2D eigenvalue weighted by atomic mass is 16.1. The van der Waals surface area contributed by atoms with Gasteiger partial charge in [0.15, 0.2) is 5.82 Å². The van der Waals surface area contributed by atoms with Crippen molar-refractivity contribution in [1.82, 2.24) is 19.7 Å². The minimum absolute atomic E-state index is 0.210. The van der Waals surface area contributed by atoms with E-state index in [9.17, 15) is 4.79 Å². The van der Waals surface area contributed by atoms with Gasteiger partial charge in [-0.15, -0.1) is 0 Å². The van der Waals surface area contributed by atoms with Crippen molar-refractivity contribution in [2.75, 3.05) is 23.3 Å². The van der Waals surface area contributed by atoms with Gasteiger partial charge in [0.25, 0.3) is 5.91 Å². The molecule has 124 valence electrons. The second-order valence-electron chi connectivity index (χ2n) is 5.60. The highest BCUT2D eigenvalue weighted by Crippen LogP contribution is 2.14. The maximum absolute atomic E-state index is 12.3. The number of pyridine rings is 1. The second kappa shape index (κ2) is 7.21. The molecule has 0 bridgehead atoms. The molecule has 0 saturated heterocycles. The number of rotatable bonds is 6. The molecule has 1 amide bonds. The molecule has 2 aromatic rings. The molecule has 0 saturated carbocycles. The number of aromatic nitrogens is 4.